The van der Waals surface area contributed by atoms with Crippen LogP contribution >= 0.6 is 0 Å². The smallest absolute Gasteiger partial charge is 0.335 e. The van der Waals surface area contributed by atoms with Gasteiger partial charge in [-0.1, -0.05) is 24.3 Å². The van der Waals surface area contributed by atoms with E-state index in [9.17, 15) is 34.6 Å². The quantitative estimate of drug-likeness (QED) is 0.166. The molecule has 0 aliphatic rings. The fourth-order valence-electron chi connectivity index (χ4n) is 3.85. The summed E-state index contributed by atoms with van der Waals surface area (Å²) in [5.74, 6) is -1.63. The maximum absolute atomic E-state index is 11.2. The number of carboxylic acid groups (broad SMARTS) is 2. The number of aryl methyl sites for hydroxylation is 1. The Kier molecular flexibility index (Phi) is 10.5. The van der Waals surface area contributed by atoms with Crippen LogP contribution < -0.4 is 5.73 Å². The number of amides is 1. The monoisotopic (exact) mass is 599 g/mol. The number of non-ortho nitro benzene ring substituents is 2. The number of aromatic carboxylic acids is 2. The van der Waals surface area contributed by atoms with Crippen molar-refractivity contribution in [3.8, 4) is 0 Å². The Hall–Kier alpha value is -6.44. The third-order valence-corrected chi connectivity index (χ3v) is 6.05. The molecule has 5 aromatic rings. The topological polar surface area (TPSA) is 222 Å². The highest BCUT2D eigenvalue weighted by molar-refractivity contribution is 5.93. The molecule has 4 N–H and O–H groups in total. The lowest BCUT2D eigenvalue weighted by Crippen LogP contribution is -2.11. The molecule has 0 spiro atoms. The average molecular weight is 600 g/mol. The van der Waals surface area contributed by atoms with Gasteiger partial charge in [-0.2, -0.15) is 0 Å². The molecule has 0 fully saturated rings. The number of hydrogen-bond donors (Lipinski definition) is 3. The van der Waals surface area contributed by atoms with E-state index in [1.807, 2.05) is 49.4 Å². The summed E-state index contributed by atoms with van der Waals surface area (Å²) in [6, 6.07) is 24.8. The first-order chi connectivity index (χ1) is 20.9. The summed E-state index contributed by atoms with van der Waals surface area (Å²) < 4.78 is 2.13. The number of carbonyl (C=O) groups is 3. The van der Waals surface area contributed by atoms with Crippen molar-refractivity contribution in [1.29, 1.82) is 0 Å². The maximum Gasteiger partial charge on any atom is 0.335 e. The van der Waals surface area contributed by atoms with Crippen LogP contribution in [0.25, 0.3) is 11.0 Å². The van der Waals surface area contributed by atoms with Gasteiger partial charge >= 0.3 is 11.9 Å². The molecule has 44 heavy (non-hydrogen) atoms. The number of primary amides is 1. The van der Waals surface area contributed by atoms with Crippen molar-refractivity contribution < 1.29 is 34.4 Å². The molecule has 0 radical (unpaired) electrons. The highest BCUT2D eigenvalue weighted by atomic mass is 16.6. The Balaban J connectivity index is 0.000000192. The molecule has 1 heterocycles. The molecular weight excluding hydrogens is 574 g/mol. The fourth-order valence-corrected chi connectivity index (χ4v) is 3.85. The van der Waals surface area contributed by atoms with Crippen LogP contribution in [0.1, 0.15) is 42.5 Å². The summed E-state index contributed by atoms with van der Waals surface area (Å²) in [5, 5.41) is 37.2. The average Bonchev–Trinajstić information content (AvgIpc) is 3.32. The van der Waals surface area contributed by atoms with E-state index in [2.05, 4.69) is 9.55 Å². The van der Waals surface area contributed by atoms with Gasteiger partial charge < -0.3 is 20.5 Å². The molecule has 0 atom stereocenters. The number of nitro groups is 2. The summed E-state index contributed by atoms with van der Waals surface area (Å²) in [6.07, 6.45) is 0. The van der Waals surface area contributed by atoms with Gasteiger partial charge in [-0.15, -0.1) is 0 Å². The third-order valence-electron chi connectivity index (χ3n) is 6.05. The zero-order valence-corrected chi connectivity index (χ0v) is 23.1. The molecular formula is C30H25N5O9. The molecule has 0 saturated carbocycles. The molecule has 0 aliphatic carbocycles. The van der Waals surface area contributed by atoms with Crippen LogP contribution in [-0.2, 0) is 6.54 Å². The van der Waals surface area contributed by atoms with Gasteiger partial charge in [-0.3, -0.25) is 25.0 Å². The van der Waals surface area contributed by atoms with Gasteiger partial charge in [0.05, 0.1) is 32.0 Å². The van der Waals surface area contributed by atoms with Crippen molar-refractivity contribution in [2.75, 3.05) is 0 Å². The van der Waals surface area contributed by atoms with E-state index in [-0.39, 0.29) is 22.5 Å². The largest absolute Gasteiger partial charge is 0.478 e. The number of carboxylic acids is 2. The third kappa shape index (κ3) is 8.53. The molecule has 14 heteroatoms. The lowest BCUT2D eigenvalue weighted by molar-refractivity contribution is -0.385. The number of benzene rings is 4. The van der Waals surface area contributed by atoms with Gasteiger partial charge in [0.1, 0.15) is 5.82 Å². The number of fused-ring (bicyclic) bond motifs is 1. The molecule has 14 nitrogen and oxygen atoms in total. The number of rotatable bonds is 7. The van der Waals surface area contributed by atoms with Crippen LogP contribution in [0.5, 0.6) is 0 Å². The molecule has 5 rings (SSSR count). The first-order valence-corrected chi connectivity index (χ1v) is 12.6. The van der Waals surface area contributed by atoms with Gasteiger partial charge in [0, 0.05) is 36.4 Å². The van der Waals surface area contributed by atoms with E-state index in [4.69, 9.17) is 15.9 Å². The Morgan fingerprint density at radius 1 is 0.750 bits per heavy atom. The highest BCUT2D eigenvalue weighted by Gasteiger charge is 2.09. The lowest BCUT2D eigenvalue weighted by Gasteiger charge is -2.08. The molecule has 0 bridgehead atoms. The number of nitro benzene ring substituents is 2. The molecule has 1 aromatic heterocycles. The van der Waals surface area contributed by atoms with Gasteiger partial charge in [0.15, 0.2) is 0 Å². The SMILES string of the molecule is Cc1nc2ccccc2n1Cc1cccc(C(N)=O)c1.O=C(O)c1ccc([N+](=O)[O-])cc1.O=C(O)c1ccc([N+](=O)[O-])cc1. The van der Waals surface area contributed by atoms with E-state index in [1.165, 1.54) is 24.3 Å². The van der Waals surface area contributed by atoms with Crippen molar-refractivity contribution in [2.45, 2.75) is 13.5 Å². The van der Waals surface area contributed by atoms with Crippen LogP contribution in [-0.4, -0.2) is 47.5 Å². The van der Waals surface area contributed by atoms with E-state index < -0.39 is 27.7 Å². The summed E-state index contributed by atoms with van der Waals surface area (Å²) in [4.78, 5) is 55.5. The van der Waals surface area contributed by atoms with Gasteiger partial charge in [-0.25, -0.2) is 14.6 Å². The Morgan fingerprint density at radius 2 is 1.25 bits per heavy atom. The zero-order chi connectivity index (χ0) is 32.4. The summed E-state index contributed by atoms with van der Waals surface area (Å²) in [7, 11) is 0. The second-order valence-corrected chi connectivity index (χ2v) is 9.02. The van der Waals surface area contributed by atoms with Crippen LogP contribution in [0.15, 0.2) is 97.1 Å². The molecule has 4 aromatic carbocycles. The minimum Gasteiger partial charge on any atom is -0.478 e. The lowest BCUT2D eigenvalue weighted by atomic mass is 10.1. The normalized spacial score (nSPS) is 10.0. The predicted molar refractivity (Wildman–Crippen MR) is 159 cm³/mol. The van der Waals surface area contributed by atoms with E-state index in [0.29, 0.717) is 12.1 Å². The molecule has 0 saturated heterocycles. The number of hydrogen-bond acceptors (Lipinski definition) is 8. The van der Waals surface area contributed by atoms with Crippen molar-refractivity contribution in [1.82, 2.24) is 9.55 Å². The van der Waals surface area contributed by atoms with Crippen molar-refractivity contribution >= 4 is 40.3 Å². The zero-order valence-electron chi connectivity index (χ0n) is 23.1. The van der Waals surface area contributed by atoms with Crippen molar-refractivity contribution in [3.63, 3.8) is 0 Å². The first kappa shape index (κ1) is 32.1. The van der Waals surface area contributed by atoms with Crippen LogP contribution in [0.3, 0.4) is 0 Å². The molecule has 1 amide bonds. The number of carbonyl (C=O) groups excluding carboxylic acids is 1. The van der Waals surface area contributed by atoms with E-state index in [0.717, 1.165) is 46.7 Å². The molecule has 0 unspecified atom stereocenters. The minimum atomic E-state index is -1.09. The highest BCUT2D eigenvalue weighted by Crippen LogP contribution is 2.18. The molecule has 224 valence electrons. The number of imidazole rings is 1. The standard InChI is InChI=1S/C16H15N3O.2C7H5NO4/c1-11-18-14-7-2-3-8-15(14)19(11)10-12-5-4-6-13(9-12)16(17)20;2*9-7(10)5-1-3-6(4-2-5)8(11)12/h2-9H,10H2,1H3,(H2,17,20);2*1-4H,(H,9,10). The van der Waals surface area contributed by atoms with Gasteiger partial charge in [0.2, 0.25) is 5.91 Å². The predicted octanol–water partition coefficient (Wildman–Crippen LogP) is 5.08. The van der Waals surface area contributed by atoms with E-state index >= 15 is 0 Å². The van der Waals surface area contributed by atoms with Gasteiger partial charge in [0.25, 0.3) is 11.4 Å². The number of para-hydroxylation sites is 2. The van der Waals surface area contributed by atoms with Gasteiger partial charge in [-0.05, 0) is 61.0 Å². The molecule has 0 aliphatic heterocycles. The van der Waals surface area contributed by atoms with Crippen molar-refractivity contribution in [2.24, 2.45) is 5.73 Å². The number of aromatic nitrogens is 2. The van der Waals surface area contributed by atoms with E-state index in [1.54, 1.807) is 6.07 Å². The van der Waals surface area contributed by atoms with Crippen LogP contribution in [0.4, 0.5) is 11.4 Å². The van der Waals surface area contributed by atoms with Crippen molar-refractivity contribution in [3.05, 3.63) is 145 Å². The maximum atomic E-state index is 11.2. The fraction of sp³-hybridized carbons (Fsp3) is 0.0667. The number of nitrogens with two attached hydrogens (primary N) is 1. The minimum absolute atomic E-state index is 0.0422. The summed E-state index contributed by atoms with van der Waals surface area (Å²) in [5.41, 5.74) is 8.82. The Morgan fingerprint density at radius 3 is 1.70 bits per heavy atom. The Bertz CT molecular complexity index is 1700. The number of nitrogens with zero attached hydrogens (tertiary/aromatic N) is 4. The second-order valence-electron chi connectivity index (χ2n) is 9.02. The van der Waals surface area contributed by atoms with Crippen LogP contribution in [0.2, 0.25) is 0 Å². The van der Waals surface area contributed by atoms with Crippen LogP contribution in [0, 0.1) is 27.2 Å². The summed E-state index contributed by atoms with van der Waals surface area (Å²) >= 11 is 0. The summed E-state index contributed by atoms with van der Waals surface area (Å²) in [6.45, 7) is 2.66. The Labute approximate surface area is 248 Å². The second kappa shape index (κ2) is 14.5. The first-order valence-electron chi connectivity index (χ1n) is 12.6.